The molecule has 2 heterocycles. The molecule has 5 rings (SSSR count). The molecule has 2 unspecified atom stereocenters. The van der Waals surface area contributed by atoms with Crippen molar-refractivity contribution in [1.82, 2.24) is 4.90 Å². The Morgan fingerprint density at radius 3 is 3.00 bits per heavy atom. The number of halogens is 1. The van der Waals surface area contributed by atoms with Crippen molar-refractivity contribution >= 4 is 21.9 Å². The monoisotopic (exact) mass is 415 g/mol. The van der Waals surface area contributed by atoms with Gasteiger partial charge in [-0.1, -0.05) is 35.3 Å². The molecule has 3 nitrogen and oxygen atoms in total. The lowest BCUT2D eigenvalue weighted by Crippen LogP contribution is -2.57. The van der Waals surface area contributed by atoms with E-state index in [4.69, 9.17) is 4.74 Å². The number of esters is 1. The summed E-state index contributed by atoms with van der Waals surface area (Å²) in [5, 5.41) is 0. The molecule has 4 heteroatoms. The molecule has 2 fully saturated rings. The molecule has 1 spiro atoms. The molecule has 2 bridgehead atoms. The summed E-state index contributed by atoms with van der Waals surface area (Å²) in [6, 6.07) is 7.33. The second-order valence-corrected chi connectivity index (χ2v) is 9.34. The van der Waals surface area contributed by atoms with Crippen LogP contribution in [0.15, 0.2) is 33.8 Å². The quantitative estimate of drug-likeness (QED) is 0.676. The third-order valence-electron chi connectivity index (χ3n) is 7.68. The second kappa shape index (κ2) is 5.93. The zero-order valence-corrected chi connectivity index (χ0v) is 17.1. The SMILES string of the molecule is CCC1CN2CC[C@]34C(=C(C(=O)OC)C1C[C@H]23)CCc1ccc(Br)cc14. The largest absolute Gasteiger partial charge is 0.466 e. The molecule has 138 valence electrons. The number of carbonyl (C=O) groups is 1. The number of aryl methyl sites for hydroxylation is 1. The van der Waals surface area contributed by atoms with E-state index in [0.717, 1.165) is 55.2 Å². The molecular weight excluding hydrogens is 390 g/mol. The molecule has 0 amide bonds. The molecule has 1 aromatic rings. The fourth-order valence-corrected chi connectivity index (χ4v) is 6.99. The summed E-state index contributed by atoms with van der Waals surface area (Å²) in [7, 11) is 1.55. The lowest BCUT2D eigenvalue weighted by atomic mass is 9.53. The molecule has 4 atom stereocenters. The van der Waals surface area contributed by atoms with Gasteiger partial charge in [-0.25, -0.2) is 4.79 Å². The van der Waals surface area contributed by atoms with Crippen molar-refractivity contribution in [3.63, 3.8) is 0 Å². The Morgan fingerprint density at radius 1 is 1.38 bits per heavy atom. The number of piperidine rings is 1. The van der Waals surface area contributed by atoms with E-state index >= 15 is 0 Å². The van der Waals surface area contributed by atoms with E-state index in [1.54, 1.807) is 7.11 Å². The normalized spacial score (nSPS) is 35.1. The first kappa shape index (κ1) is 17.0. The zero-order chi connectivity index (χ0) is 18.1. The summed E-state index contributed by atoms with van der Waals surface area (Å²) in [6.45, 7) is 4.55. The number of carbonyl (C=O) groups excluding carboxylic acids is 1. The highest BCUT2D eigenvalue weighted by atomic mass is 79.9. The van der Waals surface area contributed by atoms with Gasteiger partial charge in [-0.2, -0.15) is 0 Å². The van der Waals surface area contributed by atoms with Gasteiger partial charge in [0.15, 0.2) is 0 Å². The van der Waals surface area contributed by atoms with Crippen molar-refractivity contribution in [2.24, 2.45) is 11.8 Å². The first-order chi connectivity index (χ1) is 12.6. The van der Waals surface area contributed by atoms with Crippen LogP contribution in [-0.4, -0.2) is 37.1 Å². The van der Waals surface area contributed by atoms with Crippen LogP contribution in [-0.2, 0) is 21.4 Å². The standard InChI is InChI=1S/C22H26BrNO2/c1-3-13-12-24-9-8-22-17(7-5-14-4-6-15(23)10-18(14)22)20(21(25)26-2)16(13)11-19(22)24/h4,6,10,13,16,19H,3,5,7-9,11-12H2,1-2H3/t13?,16?,19-,22+/m0/s1. The van der Waals surface area contributed by atoms with E-state index in [1.165, 1.54) is 16.7 Å². The Labute approximate surface area is 163 Å². The molecule has 0 radical (unpaired) electrons. The highest BCUT2D eigenvalue weighted by molar-refractivity contribution is 9.10. The topological polar surface area (TPSA) is 29.5 Å². The highest BCUT2D eigenvalue weighted by Gasteiger charge is 2.60. The van der Waals surface area contributed by atoms with Crippen LogP contribution < -0.4 is 0 Å². The van der Waals surface area contributed by atoms with Gasteiger partial charge in [0.25, 0.3) is 0 Å². The molecule has 2 saturated heterocycles. The summed E-state index contributed by atoms with van der Waals surface area (Å²) in [5.41, 5.74) is 5.42. The summed E-state index contributed by atoms with van der Waals surface area (Å²) in [5.74, 6) is 0.886. The Hall–Kier alpha value is -1.13. The number of hydrogen-bond donors (Lipinski definition) is 0. The Bertz CT molecular complexity index is 816. The van der Waals surface area contributed by atoms with Gasteiger partial charge in [-0.05, 0) is 72.9 Å². The van der Waals surface area contributed by atoms with E-state index in [0.29, 0.717) is 17.9 Å². The average molecular weight is 416 g/mol. The molecule has 2 aliphatic carbocycles. The van der Waals surface area contributed by atoms with Gasteiger partial charge in [-0.3, -0.25) is 4.90 Å². The van der Waals surface area contributed by atoms with E-state index in [1.807, 2.05) is 0 Å². The average Bonchev–Trinajstić information content (AvgIpc) is 3.06. The van der Waals surface area contributed by atoms with Crippen LogP contribution in [0.2, 0.25) is 0 Å². The Morgan fingerprint density at radius 2 is 2.23 bits per heavy atom. The lowest BCUT2D eigenvalue weighted by molar-refractivity contribution is -0.138. The summed E-state index contributed by atoms with van der Waals surface area (Å²) >= 11 is 3.70. The predicted octanol–water partition coefficient (Wildman–Crippen LogP) is 4.24. The fourth-order valence-electron chi connectivity index (χ4n) is 6.63. The number of methoxy groups -OCH3 is 1. The Kier molecular flexibility index (Phi) is 3.88. The van der Waals surface area contributed by atoms with Gasteiger partial charge in [0.1, 0.15) is 0 Å². The lowest BCUT2D eigenvalue weighted by Gasteiger charge is -2.54. The van der Waals surface area contributed by atoms with E-state index < -0.39 is 0 Å². The van der Waals surface area contributed by atoms with Gasteiger partial charge < -0.3 is 4.74 Å². The van der Waals surface area contributed by atoms with Crippen LogP contribution in [0.5, 0.6) is 0 Å². The van der Waals surface area contributed by atoms with Crippen LogP contribution in [0, 0.1) is 11.8 Å². The number of fused-ring (bicyclic) bond motifs is 2. The van der Waals surface area contributed by atoms with Crippen molar-refractivity contribution in [2.75, 3.05) is 20.2 Å². The molecule has 2 aliphatic heterocycles. The zero-order valence-electron chi connectivity index (χ0n) is 15.6. The minimum absolute atomic E-state index is 0.0239. The van der Waals surface area contributed by atoms with Crippen LogP contribution in [0.1, 0.15) is 43.7 Å². The van der Waals surface area contributed by atoms with Crippen LogP contribution in [0.4, 0.5) is 0 Å². The van der Waals surface area contributed by atoms with Crippen LogP contribution >= 0.6 is 15.9 Å². The molecule has 26 heavy (non-hydrogen) atoms. The van der Waals surface area contributed by atoms with Crippen molar-refractivity contribution in [3.8, 4) is 0 Å². The smallest absolute Gasteiger partial charge is 0.334 e. The first-order valence-corrected chi connectivity index (χ1v) is 10.7. The van der Waals surface area contributed by atoms with Gasteiger partial charge in [-0.15, -0.1) is 0 Å². The molecule has 1 aromatic carbocycles. The van der Waals surface area contributed by atoms with Crippen LogP contribution in [0.3, 0.4) is 0 Å². The van der Waals surface area contributed by atoms with E-state index in [9.17, 15) is 4.79 Å². The number of ether oxygens (including phenoxy) is 1. The molecule has 4 aliphatic rings. The van der Waals surface area contributed by atoms with Gasteiger partial charge in [0, 0.05) is 28.0 Å². The molecule has 0 saturated carbocycles. The Balaban J connectivity index is 1.79. The third-order valence-corrected chi connectivity index (χ3v) is 8.17. The molecule has 0 N–H and O–H groups in total. The number of nitrogens with zero attached hydrogens (tertiary/aromatic N) is 1. The fraction of sp³-hybridized carbons (Fsp3) is 0.591. The van der Waals surface area contributed by atoms with Gasteiger partial charge >= 0.3 is 5.97 Å². The summed E-state index contributed by atoms with van der Waals surface area (Å²) < 4.78 is 6.47. The number of benzene rings is 1. The summed E-state index contributed by atoms with van der Waals surface area (Å²) in [4.78, 5) is 15.7. The molecular formula is C22H26BrNO2. The minimum Gasteiger partial charge on any atom is -0.466 e. The van der Waals surface area contributed by atoms with Crippen molar-refractivity contribution in [1.29, 1.82) is 0 Å². The maximum Gasteiger partial charge on any atom is 0.334 e. The van der Waals surface area contributed by atoms with E-state index in [-0.39, 0.29) is 11.4 Å². The second-order valence-electron chi connectivity index (χ2n) is 8.43. The molecule has 0 aromatic heterocycles. The van der Waals surface area contributed by atoms with Gasteiger partial charge in [0.2, 0.25) is 0 Å². The van der Waals surface area contributed by atoms with Crippen molar-refractivity contribution < 1.29 is 9.53 Å². The third kappa shape index (κ3) is 2.06. The first-order valence-electron chi connectivity index (χ1n) is 9.95. The van der Waals surface area contributed by atoms with Crippen molar-refractivity contribution in [3.05, 3.63) is 44.9 Å². The number of rotatable bonds is 2. The maximum atomic E-state index is 12.9. The minimum atomic E-state index is -0.0694. The van der Waals surface area contributed by atoms with Gasteiger partial charge in [0.05, 0.1) is 7.11 Å². The number of hydrogen-bond acceptors (Lipinski definition) is 3. The summed E-state index contributed by atoms with van der Waals surface area (Å²) in [6.07, 6.45) is 5.43. The van der Waals surface area contributed by atoms with Crippen molar-refractivity contribution in [2.45, 2.75) is 50.5 Å². The van der Waals surface area contributed by atoms with E-state index in [2.05, 4.69) is 46.0 Å². The predicted molar refractivity (Wildman–Crippen MR) is 105 cm³/mol. The maximum absolute atomic E-state index is 12.9. The van der Waals surface area contributed by atoms with Crippen LogP contribution in [0.25, 0.3) is 0 Å². The highest BCUT2D eigenvalue weighted by Crippen LogP contribution is 2.60.